The van der Waals surface area contributed by atoms with Gasteiger partial charge in [-0.2, -0.15) is 0 Å². The number of halogens is 3. The topological polar surface area (TPSA) is 113 Å². The van der Waals surface area contributed by atoms with Gasteiger partial charge in [0.15, 0.2) is 0 Å². The summed E-state index contributed by atoms with van der Waals surface area (Å²) in [6.45, 7) is 0. The fourth-order valence-electron chi connectivity index (χ4n) is 3.95. The quantitative estimate of drug-likeness (QED) is 0.180. The van der Waals surface area contributed by atoms with Gasteiger partial charge in [-0.3, -0.25) is 9.52 Å². The molecular formula is C29H21F3N4O4S. The number of aromatic nitrogens is 2. The molecule has 0 saturated carbocycles. The molecule has 0 aliphatic heterocycles. The summed E-state index contributed by atoms with van der Waals surface area (Å²) >= 11 is 0. The zero-order valence-electron chi connectivity index (χ0n) is 21.0. The molecule has 0 bridgehead atoms. The second kappa shape index (κ2) is 11.2. The van der Waals surface area contributed by atoms with Gasteiger partial charge in [-0.15, -0.1) is 13.2 Å². The SMILES string of the molecule is O=C(/C=C/c1cccc(S(=O)(=O)Nc2ccc(OC(F)(F)F)cc2)c1)Nc1ccccc1-c1nc2ccccc2[nH]1. The van der Waals surface area contributed by atoms with Crippen molar-refractivity contribution in [1.29, 1.82) is 0 Å². The highest BCUT2D eigenvalue weighted by molar-refractivity contribution is 7.92. The van der Waals surface area contributed by atoms with E-state index in [1.54, 1.807) is 18.2 Å². The van der Waals surface area contributed by atoms with E-state index in [0.29, 0.717) is 22.6 Å². The fraction of sp³-hybridized carbons (Fsp3) is 0.0345. The first-order valence-electron chi connectivity index (χ1n) is 12.1. The Morgan fingerprint density at radius 1 is 0.902 bits per heavy atom. The number of para-hydroxylation sites is 3. The average Bonchev–Trinajstić information content (AvgIpc) is 3.37. The molecule has 5 aromatic rings. The number of carbonyl (C=O) groups excluding carboxylic acids is 1. The van der Waals surface area contributed by atoms with Crippen molar-refractivity contribution in [3.8, 4) is 17.1 Å². The fourth-order valence-corrected chi connectivity index (χ4v) is 5.06. The Balaban J connectivity index is 1.28. The Hall–Kier alpha value is -5.10. The lowest BCUT2D eigenvalue weighted by Gasteiger charge is -2.11. The van der Waals surface area contributed by atoms with E-state index in [4.69, 9.17) is 0 Å². The minimum absolute atomic E-state index is 0.0444. The second-order valence-corrected chi connectivity index (χ2v) is 10.4. The van der Waals surface area contributed by atoms with Crippen molar-refractivity contribution in [1.82, 2.24) is 9.97 Å². The lowest BCUT2D eigenvalue weighted by molar-refractivity contribution is -0.274. The van der Waals surface area contributed by atoms with Gasteiger partial charge in [0.25, 0.3) is 10.0 Å². The lowest BCUT2D eigenvalue weighted by Crippen LogP contribution is -2.17. The van der Waals surface area contributed by atoms with Crippen LogP contribution in [0.15, 0.2) is 108 Å². The van der Waals surface area contributed by atoms with Crippen molar-refractivity contribution >= 4 is 44.4 Å². The summed E-state index contributed by atoms with van der Waals surface area (Å²) in [7, 11) is -4.08. The van der Waals surface area contributed by atoms with Crippen LogP contribution < -0.4 is 14.8 Å². The number of hydrogen-bond acceptors (Lipinski definition) is 5. The average molecular weight is 579 g/mol. The highest BCUT2D eigenvalue weighted by Gasteiger charge is 2.31. The molecule has 4 aromatic carbocycles. The number of nitrogens with one attached hydrogen (secondary N) is 3. The Labute approximate surface area is 232 Å². The van der Waals surface area contributed by atoms with Crippen LogP contribution in [0.3, 0.4) is 0 Å². The van der Waals surface area contributed by atoms with E-state index in [9.17, 15) is 26.4 Å². The third kappa shape index (κ3) is 6.92. The number of hydrogen-bond donors (Lipinski definition) is 3. The van der Waals surface area contributed by atoms with Crippen molar-refractivity contribution in [3.63, 3.8) is 0 Å². The van der Waals surface area contributed by atoms with E-state index >= 15 is 0 Å². The highest BCUT2D eigenvalue weighted by atomic mass is 32.2. The number of fused-ring (bicyclic) bond motifs is 1. The number of imidazole rings is 1. The van der Waals surface area contributed by atoms with E-state index in [0.717, 1.165) is 35.3 Å². The van der Waals surface area contributed by atoms with Crippen molar-refractivity contribution < 1.29 is 31.1 Å². The lowest BCUT2D eigenvalue weighted by atomic mass is 10.1. The van der Waals surface area contributed by atoms with E-state index < -0.39 is 28.0 Å². The Morgan fingerprint density at radius 2 is 1.63 bits per heavy atom. The first-order valence-corrected chi connectivity index (χ1v) is 13.6. The van der Waals surface area contributed by atoms with Gasteiger partial charge >= 0.3 is 6.36 Å². The van der Waals surface area contributed by atoms with Gasteiger partial charge in [-0.05, 0) is 72.3 Å². The van der Waals surface area contributed by atoms with Gasteiger partial charge in [0.1, 0.15) is 11.6 Å². The summed E-state index contributed by atoms with van der Waals surface area (Å²) in [5.74, 6) is -0.328. The molecule has 0 unspecified atom stereocenters. The third-order valence-electron chi connectivity index (χ3n) is 5.77. The van der Waals surface area contributed by atoms with Crippen LogP contribution in [0.5, 0.6) is 5.75 Å². The maximum absolute atomic E-state index is 12.8. The maximum atomic E-state index is 12.8. The van der Waals surface area contributed by atoms with Crippen LogP contribution in [0.2, 0.25) is 0 Å². The van der Waals surface area contributed by atoms with Gasteiger partial charge in [-0.25, -0.2) is 13.4 Å². The van der Waals surface area contributed by atoms with Crippen LogP contribution in [0.25, 0.3) is 28.5 Å². The van der Waals surface area contributed by atoms with Crippen LogP contribution in [0.1, 0.15) is 5.56 Å². The Kier molecular flexibility index (Phi) is 7.49. The molecule has 1 heterocycles. The number of amides is 1. The van der Waals surface area contributed by atoms with E-state index in [2.05, 4.69) is 24.7 Å². The molecule has 12 heteroatoms. The van der Waals surface area contributed by atoms with Crippen LogP contribution >= 0.6 is 0 Å². The molecule has 208 valence electrons. The number of anilines is 2. The monoisotopic (exact) mass is 578 g/mol. The van der Waals surface area contributed by atoms with Gasteiger partial charge in [0.2, 0.25) is 5.91 Å². The number of benzene rings is 4. The molecule has 0 radical (unpaired) electrons. The predicted octanol–water partition coefficient (Wildman–Crippen LogP) is 6.58. The van der Waals surface area contributed by atoms with Crippen molar-refractivity contribution in [2.24, 2.45) is 0 Å². The number of nitrogens with zero attached hydrogens (tertiary/aromatic N) is 1. The molecule has 1 aromatic heterocycles. The van der Waals surface area contributed by atoms with Crippen LogP contribution in [-0.4, -0.2) is 30.7 Å². The van der Waals surface area contributed by atoms with E-state index in [1.165, 1.54) is 30.4 Å². The summed E-state index contributed by atoms with van der Waals surface area (Å²) in [6, 6.07) is 24.9. The normalized spacial score (nSPS) is 12.0. The number of H-pyrrole nitrogens is 1. The van der Waals surface area contributed by atoms with Crippen LogP contribution in [0, 0.1) is 0 Å². The Morgan fingerprint density at radius 3 is 2.39 bits per heavy atom. The molecule has 0 aliphatic carbocycles. The van der Waals surface area contributed by atoms with E-state index in [1.807, 2.05) is 36.4 Å². The number of alkyl halides is 3. The molecule has 3 N–H and O–H groups in total. The molecular weight excluding hydrogens is 557 g/mol. The van der Waals surface area contributed by atoms with Crippen LogP contribution in [0.4, 0.5) is 24.5 Å². The van der Waals surface area contributed by atoms with Crippen molar-refractivity contribution in [3.05, 3.63) is 109 Å². The first-order chi connectivity index (χ1) is 19.6. The maximum Gasteiger partial charge on any atom is 0.573 e. The smallest absolute Gasteiger partial charge is 0.406 e. The summed E-state index contributed by atoms with van der Waals surface area (Å²) in [5.41, 5.74) is 3.36. The van der Waals surface area contributed by atoms with Crippen molar-refractivity contribution in [2.75, 3.05) is 10.0 Å². The molecule has 0 saturated heterocycles. The van der Waals surface area contributed by atoms with Gasteiger partial charge in [0, 0.05) is 17.3 Å². The molecule has 0 atom stereocenters. The minimum atomic E-state index is -4.86. The minimum Gasteiger partial charge on any atom is -0.406 e. The molecule has 41 heavy (non-hydrogen) atoms. The van der Waals surface area contributed by atoms with Crippen LogP contribution in [-0.2, 0) is 14.8 Å². The standard InChI is InChI=1S/C29H21F3N4O4S/c30-29(31,32)40-21-15-13-20(14-16-21)36-41(38,39)22-7-5-6-19(18-22)12-17-27(37)33-24-9-2-1-8-23(24)28-34-25-10-3-4-11-26(25)35-28/h1-18,36H,(H,33,37)(H,34,35)/b17-12+. The predicted molar refractivity (Wildman–Crippen MR) is 150 cm³/mol. The second-order valence-electron chi connectivity index (χ2n) is 8.72. The number of aromatic amines is 1. The number of carbonyl (C=O) groups is 1. The molecule has 8 nitrogen and oxygen atoms in total. The van der Waals surface area contributed by atoms with Gasteiger partial charge in [0.05, 0.1) is 21.6 Å². The number of ether oxygens (including phenoxy) is 1. The zero-order chi connectivity index (χ0) is 29.0. The zero-order valence-corrected chi connectivity index (χ0v) is 21.8. The van der Waals surface area contributed by atoms with Crippen molar-refractivity contribution in [2.45, 2.75) is 11.3 Å². The van der Waals surface area contributed by atoms with Gasteiger partial charge in [-0.1, -0.05) is 36.4 Å². The molecule has 0 aliphatic rings. The summed E-state index contributed by atoms with van der Waals surface area (Å²) in [4.78, 5) is 20.5. The largest absolute Gasteiger partial charge is 0.573 e. The number of sulfonamides is 1. The third-order valence-corrected chi connectivity index (χ3v) is 7.14. The first kappa shape index (κ1) is 27.5. The summed E-state index contributed by atoms with van der Waals surface area (Å²) in [6.07, 6.45) is -2.13. The molecule has 1 amide bonds. The summed E-state index contributed by atoms with van der Waals surface area (Å²) < 4.78 is 68.8. The van der Waals surface area contributed by atoms with E-state index in [-0.39, 0.29) is 10.6 Å². The highest BCUT2D eigenvalue weighted by Crippen LogP contribution is 2.28. The Bertz CT molecular complexity index is 1820. The molecule has 0 spiro atoms. The number of rotatable bonds is 8. The molecule has 5 rings (SSSR count). The van der Waals surface area contributed by atoms with Gasteiger partial charge < -0.3 is 15.0 Å². The molecule has 0 fully saturated rings. The summed E-state index contributed by atoms with van der Waals surface area (Å²) in [5, 5.41) is 2.82.